The molecular formula is C33H44N2O4U. The Kier molecular flexibility index (Phi) is 20.6. The molecule has 214 valence electrons. The molecule has 2 aromatic carbocycles. The fraction of sp³-hybridized carbons (Fsp3) is 0.333. The Morgan fingerprint density at radius 2 is 1.60 bits per heavy atom. The number of nitrogens with zero attached hydrogens (tertiary/aromatic N) is 2. The number of methoxy groups -OCH3 is 2. The van der Waals surface area contributed by atoms with Crippen LogP contribution in [0.25, 0.3) is 5.70 Å². The van der Waals surface area contributed by atoms with Crippen molar-refractivity contribution in [2.75, 3.05) is 14.2 Å². The molecule has 0 N–H and O–H groups in total. The second kappa shape index (κ2) is 20.9. The number of ketones is 1. The van der Waals surface area contributed by atoms with E-state index in [0.717, 1.165) is 28.9 Å². The normalized spacial score (nSPS) is 9.85. The molecule has 0 amide bonds. The fourth-order valence-electron chi connectivity index (χ4n) is 3.41. The number of hydrogen-bond donors (Lipinski definition) is 0. The van der Waals surface area contributed by atoms with Crippen LogP contribution in [0.15, 0.2) is 61.2 Å². The minimum absolute atomic E-state index is 0. The number of Topliss-reactive ketones (excluding diaryl/α,β-unsaturated/α-hetero) is 1. The van der Waals surface area contributed by atoms with Gasteiger partial charge in [0.1, 0.15) is 5.69 Å². The largest absolute Gasteiger partial charge is 2.00 e. The van der Waals surface area contributed by atoms with Gasteiger partial charge < -0.3 is 21.7 Å². The maximum atomic E-state index is 12.2. The molecule has 0 aliphatic carbocycles. The molecule has 0 unspecified atom stereocenters. The van der Waals surface area contributed by atoms with Gasteiger partial charge in [0.25, 0.3) is 0 Å². The van der Waals surface area contributed by atoms with Crippen molar-refractivity contribution in [2.45, 2.75) is 60.8 Å². The molecular weight excluding hydrogens is 726 g/mol. The van der Waals surface area contributed by atoms with E-state index in [4.69, 9.17) is 9.47 Å². The number of allylic oxidation sites excluding steroid dienone is 2. The summed E-state index contributed by atoms with van der Waals surface area (Å²) < 4.78 is 12.4. The zero-order chi connectivity index (χ0) is 28.7. The number of carbonyl (C=O) groups is 1. The second-order valence-corrected chi connectivity index (χ2v) is 8.72. The molecule has 1 aromatic heterocycles. The van der Waals surface area contributed by atoms with E-state index in [1.807, 2.05) is 76.5 Å². The van der Waals surface area contributed by atoms with Gasteiger partial charge in [-0.3, -0.25) is 4.79 Å². The Morgan fingerprint density at radius 3 is 2.10 bits per heavy atom. The van der Waals surface area contributed by atoms with Gasteiger partial charge in [-0.15, -0.1) is 11.6 Å². The van der Waals surface area contributed by atoms with Crippen molar-refractivity contribution in [1.29, 1.82) is 0 Å². The van der Waals surface area contributed by atoms with Crippen molar-refractivity contribution in [3.63, 3.8) is 0 Å². The number of ether oxygens (including phenoxy) is 2. The average molecular weight is 771 g/mol. The summed E-state index contributed by atoms with van der Waals surface area (Å²) in [6.45, 7) is 15.9. The van der Waals surface area contributed by atoms with Crippen LogP contribution in [-0.4, -0.2) is 36.1 Å². The molecule has 0 saturated heterocycles. The van der Waals surface area contributed by atoms with Gasteiger partial charge in [-0.05, 0) is 50.6 Å². The number of rotatable bonds is 9. The van der Waals surface area contributed by atoms with E-state index in [2.05, 4.69) is 25.5 Å². The van der Waals surface area contributed by atoms with Gasteiger partial charge in [0.15, 0.2) is 17.3 Å². The van der Waals surface area contributed by atoms with Gasteiger partial charge in [-0.25, -0.2) is 4.68 Å². The first kappa shape index (κ1) is 39.3. The molecule has 0 fully saturated rings. The number of carbonyl (C=O) groups excluding carboxylic acids is 2. The van der Waals surface area contributed by atoms with Crippen LogP contribution in [0.5, 0.6) is 11.5 Å². The van der Waals surface area contributed by atoms with Crippen molar-refractivity contribution in [2.24, 2.45) is 0 Å². The number of aromatic nitrogens is 2. The summed E-state index contributed by atoms with van der Waals surface area (Å²) in [5.74, 6) is 1.33. The van der Waals surface area contributed by atoms with Crippen LogP contribution in [-0.2, 0) is 4.79 Å². The molecule has 1 heterocycles. The molecule has 0 aliphatic heterocycles. The summed E-state index contributed by atoms with van der Waals surface area (Å²) in [5, 5.41) is 4.50. The fourth-order valence-corrected chi connectivity index (χ4v) is 3.41. The van der Waals surface area contributed by atoms with Crippen LogP contribution in [0.4, 0.5) is 0 Å². The molecule has 0 atom stereocenters. The molecule has 0 bridgehead atoms. The summed E-state index contributed by atoms with van der Waals surface area (Å²) in [6.07, 6.45) is 7.94. The standard InChI is InChI=1S/C20H24N2O3.C9H9O.C3H8.CH3.U/c1-6-8-17(15-10-11-19(24-4)20(13-15)25-5)22-14(3)12-16(21-22)18(23)9-7-2;1-7-3-4-9(6-10)5-8(7)2;1-3-2;;/h6,8,10-13H,1,7,9H2,2-5H3;3-5H,1-2H3;3H2,1-2H3;1H3;/q;-1;;-1;+2/b17-8-;;;;. The van der Waals surface area contributed by atoms with E-state index >= 15 is 0 Å². The maximum Gasteiger partial charge on any atom is 2.00 e. The third-order valence-corrected chi connectivity index (χ3v) is 5.46. The van der Waals surface area contributed by atoms with E-state index in [-0.39, 0.29) is 44.3 Å². The third kappa shape index (κ3) is 11.7. The predicted octanol–water partition coefficient (Wildman–Crippen LogP) is 7.89. The van der Waals surface area contributed by atoms with Crippen molar-refractivity contribution >= 4 is 17.8 Å². The van der Waals surface area contributed by atoms with Crippen LogP contribution in [0.2, 0.25) is 0 Å². The zero-order valence-corrected chi connectivity index (χ0v) is 29.7. The minimum Gasteiger partial charge on any atom is -0.493 e. The Hall–Kier alpha value is -2.88. The zero-order valence-electron chi connectivity index (χ0n) is 25.6. The Morgan fingerprint density at radius 1 is 0.975 bits per heavy atom. The smallest absolute Gasteiger partial charge is 0.493 e. The second-order valence-electron chi connectivity index (χ2n) is 8.72. The van der Waals surface area contributed by atoms with Crippen molar-refractivity contribution in [1.82, 2.24) is 9.78 Å². The van der Waals surface area contributed by atoms with Gasteiger partial charge in [-0.1, -0.05) is 52.3 Å². The van der Waals surface area contributed by atoms with Crippen LogP contribution in [0.3, 0.4) is 0 Å². The monoisotopic (exact) mass is 770 g/mol. The van der Waals surface area contributed by atoms with Crippen LogP contribution >= 0.6 is 0 Å². The summed E-state index contributed by atoms with van der Waals surface area (Å²) in [6, 6.07) is 13.0. The van der Waals surface area contributed by atoms with Gasteiger partial charge >= 0.3 is 31.1 Å². The molecule has 3 rings (SSSR count). The van der Waals surface area contributed by atoms with Gasteiger partial charge in [-0.2, -0.15) is 22.8 Å². The topological polar surface area (TPSA) is 70.4 Å². The molecule has 0 aliphatic rings. The van der Waals surface area contributed by atoms with E-state index in [9.17, 15) is 9.59 Å². The van der Waals surface area contributed by atoms with Crippen molar-refractivity contribution in [3.8, 4) is 11.5 Å². The van der Waals surface area contributed by atoms with Crippen molar-refractivity contribution in [3.05, 3.63) is 102 Å². The van der Waals surface area contributed by atoms with Crippen LogP contribution in [0.1, 0.15) is 78.5 Å². The Bertz CT molecular complexity index is 1250. The van der Waals surface area contributed by atoms with Crippen LogP contribution in [0, 0.1) is 59.3 Å². The Labute approximate surface area is 265 Å². The van der Waals surface area contributed by atoms with Crippen LogP contribution < -0.4 is 9.47 Å². The first-order valence-corrected chi connectivity index (χ1v) is 12.8. The Balaban J connectivity index is 0. The van der Waals surface area contributed by atoms with E-state index < -0.39 is 0 Å². The molecule has 3 aromatic rings. The SMILES string of the molecule is C=C/C=C(/c1ccc(OC)c(OC)c1)n1nc(C(=O)CCC)cc1C.CCC.Cc1ccc([C-]=O)cc1C.[CH3-].[U+2]. The molecule has 6 nitrogen and oxygen atoms in total. The van der Waals surface area contributed by atoms with E-state index in [0.29, 0.717) is 29.2 Å². The van der Waals surface area contributed by atoms with Gasteiger partial charge in [0.05, 0.1) is 26.2 Å². The summed E-state index contributed by atoms with van der Waals surface area (Å²) >= 11 is 0. The average Bonchev–Trinajstić information content (AvgIpc) is 3.30. The molecule has 0 spiro atoms. The summed E-state index contributed by atoms with van der Waals surface area (Å²) in [4.78, 5) is 22.3. The minimum atomic E-state index is 0. The summed E-state index contributed by atoms with van der Waals surface area (Å²) in [7, 11) is 3.19. The van der Waals surface area contributed by atoms with Gasteiger partial charge in [0, 0.05) is 17.7 Å². The number of benzene rings is 2. The van der Waals surface area contributed by atoms with E-state index in [1.165, 1.54) is 12.0 Å². The van der Waals surface area contributed by atoms with Crippen molar-refractivity contribution < 1.29 is 50.2 Å². The molecule has 0 radical (unpaired) electrons. The maximum absolute atomic E-state index is 12.2. The molecule has 40 heavy (non-hydrogen) atoms. The summed E-state index contributed by atoms with van der Waals surface area (Å²) in [5.41, 5.74) is 6.03. The third-order valence-electron chi connectivity index (χ3n) is 5.46. The number of aryl methyl sites for hydroxylation is 3. The first-order valence-electron chi connectivity index (χ1n) is 12.8. The predicted molar refractivity (Wildman–Crippen MR) is 162 cm³/mol. The molecule has 0 saturated carbocycles. The van der Waals surface area contributed by atoms with E-state index in [1.54, 1.807) is 31.0 Å². The number of hydrogen-bond acceptors (Lipinski definition) is 5. The quantitative estimate of drug-likeness (QED) is 0.126. The van der Waals surface area contributed by atoms with Gasteiger partial charge in [0.2, 0.25) is 0 Å². The first-order chi connectivity index (χ1) is 18.2. The molecule has 7 heteroatoms.